The predicted octanol–water partition coefficient (Wildman–Crippen LogP) is 3.06. The summed E-state index contributed by atoms with van der Waals surface area (Å²) in [6.45, 7) is 0. The third kappa shape index (κ3) is 2.72. The maximum atomic E-state index is 10.4. The minimum Gasteiger partial charge on any atom is -0.508 e. The fourth-order valence-electron chi connectivity index (χ4n) is 1.29. The second-order valence-electron chi connectivity index (χ2n) is 3.36. The number of furan rings is 1. The first-order chi connectivity index (χ1) is 8.15. The summed E-state index contributed by atoms with van der Waals surface area (Å²) >= 11 is 0. The summed E-state index contributed by atoms with van der Waals surface area (Å²) in [5.74, 6) is 0.316. The zero-order valence-corrected chi connectivity index (χ0v) is 8.74. The molecule has 0 radical (unpaired) electrons. The van der Waals surface area contributed by atoms with Crippen LogP contribution < -0.4 is 0 Å². The molecule has 0 fully saturated rings. The number of aromatic hydroxyl groups is 1. The Labute approximate surface area is 96.8 Å². The number of nitrogens with zero attached hydrogens (tertiary/aromatic N) is 1. The van der Waals surface area contributed by atoms with Crippen LogP contribution in [0.3, 0.4) is 0 Å². The van der Waals surface area contributed by atoms with Gasteiger partial charge in [0.2, 0.25) is 0 Å². The molecule has 2 rings (SSSR count). The largest absolute Gasteiger partial charge is 0.508 e. The minimum absolute atomic E-state index is 0.191. The van der Waals surface area contributed by atoms with Gasteiger partial charge in [-0.2, -0.15) is 0 Å². The quantitative estimate of drug-likeness (QED) is 0.650. The lowest BCUT2D eigenvalue weighted by molar-refractivity contribution is -0.402. The maximum absolute atomic E-state index is 10.4. The number of hydrogen-bond acceptors (Lipinski definition) is 4. The third-order valence-corrected chi connectivity index (χ3v) is 2.13. The highest BCUT2D eigenvalue weighted by atomic mass is 16.6. The molecule has 86 valence electrons. The summed E-state index contributed by atoms with van der Waals surface area (Å²) in [6, 6.07) is 9.40. The molecule has 5 heteroatoms. The van der Waals surface area contributed by atoms with Gasteiger partial charge in [0.25, 0.3) is 0 Å². The van der Waals surface area contributed by atoms with E-state index in [0.29, 0.717) is 5.76 Å². The molecule has 0 unspecified atom stereocenters. The number of nitro groups is 1. The first kappa shape index (κ1) is 10.9. The average Bonchev–Trinajstić information content (AvgIpc) is 2.77. The van der Waals surface area contributed by atoms with Crippen LogP contribution in [0.2, 0.25) is 0 Å². The van der Waals surface area contributed by atoms with Crippen LogP contribution in [0.1, 0.15) is 11.3 Å². The molecule has 0 saturated heterocycles. The van der Waals surface area contributed by atoms with Crippen molar-refractivity contribution >= 4 is 18.0 Å². The van der Waals surface area contributed by atoms with Gasteiger partial charge in [0.1, 0.15) is 16.4 Å². The Morgan fingerprint density at radius 1 is 1.12 bits per heavy atom. The molecule has 0 bridgehead atoms. The second-order valence-corrected chi connectivity index (χ2v) is 3.36. The van der Waals surface area contributed by atoms with Crippen molar-refractivity contribution in [1.82, 2.24) is 0 Å². The van der Waals surface area contributed by atoms with Gasteiger partial charge in [-0.1, -0.05) is 18.2 Å². The van der Waals surface area contributed by atoms with E-state index in [4.69, 9.17) is 9.52 Å². The van der Waals surface area contributed by atoms with Gasteiger partial charge in [0.05, 0.1) is 6.07 Å². The standard InChI is InChI=1S/C12H9NO4/c14-10-4-1-9(2-5-10)3-6-11-7-8-12(17-11)13(15)16/h1-8,14H. The Morgan fingerprint density at radius 2 is 1.82 bits per heavy atom. The van der Waals surface area contributed by atoms with E-state index < -0.39 is 4.92 Å². The fourth-order valence-corrected chi connectivity index (χ4v) is 1.29. The minimum atomic E-state index is -0.585. The molecule has 0 amide bonds. The van der Waals surface area contributed by atoms with E-state index in [0.717, 1.165) is 5.56 Å². The van der Waals surface area contributed by atoms with Crippen molar-refractivity contribution in [2.75, 3.05) is 0 Å². The number of phenols is 1. The normalized spacial score (nSPS) is 10.8. The zero-order chi connectivity index (χ0) is 12.3. The van der Waals surface area contributed by atoms with Crippen LogP contribution in [0.4, 0.5) is 5.88 Å². The third-order valence-electron chi connectivity index (χ3n) is 2.13. The van der Waals surface area contributed by atoms with Gasteiger partial charge in [-0.3, -0.25) is 10.1 Å². The summed E-state index contributed by atoms with van der Waals surface area (Å²) in [5.41, 5.74) is 0.863. The van der Waals surface area contributed by atoms with Crippen molar-refractivity contribution in [3.8, 4) is 5.75 Å². The molecule has 0 atom stereocenters. The molecule has 1 aromatic heterocycles. The van der Waals surface area contributed by atoms with Crippen molar-refractivity contribution in [1.29, 1.82) is 0 Å². The Kier molecular flexibility index (Phi) is 2.91. The lowest BCUT2D eigenvalue weighted by Gasteiger charge is -1.92. The highest BCUT2D eigenvalue weighted by Gasteiger charge is 2.09. The highest BCUT2D eigenvalue weighted by molar-refractivity contribution is 5.67. The zero-order valence-electron chi connectivity index (χ0n) is 8.74. The van der Waals surface area contributed by atoms with Gasteiger partial charge in [-0.25, -0.2) is 0 Å². The fraction of sp³-hybridized carbons (Fsp3) is 0. The van der Waals surface area contributed by atoms with Gasteiger partial charge >= 0.3 is 5.88 Å². The molecule has 1 heterocycles. The molecule has 0 spiro atoms. The molecular formula is C12H9NO4. The van der Waals surface area contributed by atoms with Crippen LogP contribution in [-0.2, 0) is 0 Å². The summed E-state index contributed by atoms with van der Waals surface area (Å²) < 4.78 is 4.96. The van der Waals surface area contributed by atoms with Gasteiger partial charge in [0.15, 0.2) is 0 Å². The Morgan fingerprint density at radius 3 is 2.41 bits per heavy atom. The molecule has 2 aromatic rings. The summed E-state index contributed by atoms with van der Waals surface area (Å²) in [7, 11) is 0. The Balaban J connectivity index is 2.14. The van der Waals surface area contributed by atoms with Crippen LogP contribution in [0, 0.1) is 10.1 Å². The first-order valence-electron chi connectivity index (χ1n) is 4.86. The van der Waals surface area contributed by atoms with E-state index in [1.165, 1.54) is 12.1 Å². The Bertz CT molecular complexity index is 554. The van der Waals surface area contributed by atoms with Crippen LogP contribution in [0.5, 0.6) is 5.75 Å². The average molecular weight is 231 g/mol. The SMILES string of the molecule is O=[N+]([O-])c1ccc(C=Cc2ccc(O)cc2)o1. The number of phenolic OH excluding ortho intramolecular Hbond substituents is 1. The van der Waals surface area contributed by atoms with E-state index in [9.17, 15) is 10.1 Å². The molecule has 0 saturated carbocycles. The van der Waals surface area contributed by atoms with Gasteiger partial charge in [0, 0.05) is 0 Å². The maximum Gasteiger partial charge on any atom is 0.433 e. The van der Waals surface area contributed by atoms with Crippen LogP contribution in [0.25, 0.3) is 12.2 Å². The van der Waals surface area contributed by atoms with Crippen molar-refractivity contribution in [2.45, 2.75) is 0 Å². The van der Waals surface area contributed by atoms with E-state index in [2.05, 4.69) is 0 Å². The Hall–Kier alpha value is -2.56. The molecule has 0 aliphatic carbocycles. The monoisotopic (exact) mass is 231 g/mol. The van der Waals surface area contributed by atoms with E-state index in [-0.39, 0.29) is 11.6 Å². The van der Waals surface area contributed by atoms with E-state index in [1.54, 1.807) is 36.4 Å². The molecule has 17 heavy (non-hydrogen) atoms. The molecular weight excluding hydrogens is 222 g/mol. The van der Waals surface area contributed by atoms with Crippen LogP contribution >= 0.6 is 0 Å². The van der Waals surface area contributed by atoms with Crippen molar-refractivity contribution in [3.05, 3.63) is 57.8 Å². The van der Waals surface area contributed by atoms with Crippen LogP contribution in [0.15, 0.2) is 40.8 Å². The lowest BCUT2D eigenvalue weighted by atomic mass is 10.2. The molecule has 0 aliphatic rings. The summed E-state index contributed by atoms with van der Waals surface area (Å²) in [6.07, 6.45) is 3.36. The van der Waals surface area contributed by atoms with Gasteiger partial charge in [-0.15, -0.1) is 0 Å². The number of rotatable bonds is 3. The molecule has 0 aliphatic heterocycles. The molecule has 1 N–H and O–H groups in total. The van der Waals surface area contributed by atoms with Crippen molar-refractivity contribution in [3.63, 3.8) is 0 Å². The van der Waals surface area contributed by atoms with Gasteiger partial charge in [-0.05, 0) is 29.8 Å². The summed E-state index contributed by atoms with van der Waals surface area (Å²) in [4.78, 5) is 9.80. The van der Waals surface area contributed by atoms with E-state index >= 15 is 0 Å². The van der Waals surface area contributed by atoms with E-state index in [1.807, 2.05) is 0 Å². The van der Waals surface area contributed by atoms with Crippen LogP contribution in [-0.4, -0.2) is 10.0 Å². The molecule has 5 nitrogen and oxygen atoms in total. The predicted molar refractivity (Wildman–Crippen MR) is 62.4 cm³/mol. The lowest BCUT2D eigenvalue weighted by Crippen LogP contribution is -1.82. The summed E-state index contributed by atoms with van der Waals surface area (Å²) in [5, 5.41) is 19.5. The molecule has 1 aromatic carbocycles. The van der Waals surface area contributed by atoms with Gasteiger partial charge < -0.3 is 9.52 Å². The van der Waals surface area contributed by atoms with Crippen molar-refractivity contribution < 1.29 is 14.4 Å². The van der Waals surface area contributed by atoms with Crippen molar-refractivity contribution in [2.24, 2.45) is 0 Å². The smallest absolute Gasteiger partial charge is 0.433 e. The number of hydrogen-bond donors (Lipinski definition) is 1. The topological polar surface area (TPSA) is 76.5 Å². The number of benzene rings is 1. The second kappa shape index (κ2) is 4.52. The highest BCUT2D eigenvalue weighted by Crippen LogP contribution is 2.18. The first-order valence-corrected chi connectivity index (χ1v) is 4.86.